The molecule has 3 heterocycles. The van der Waals surface area contributed by atoms with Gasteiger partial charge in [0.2, 0.25) is 5.91 Å². The fourth-order valence-electron chi connectivity index (χ4n) is 2.44. The molecule has 0 bridgehead atoms. The zero-order chi connectivity index (χ0) is 15.7. The van der Waals surface area contributed by atoms with Crippen molar-refractivity contribution in [2.75, 3.05) is 31.9 Å². The van der Waals surface area contributed by atoms with Crippen LogP contribution < -0.4 is 10.9 Å². The van der Waals surface area contributed by atoms with Gasteiger partial charge in [0.25, 0.3) is 5.56 Å². The number of nitrogens with one attached hydrogen (secondary N) is 2. The molecule has 0 spiro atoms. The summed E-state index contributed by atoms with van der Waals surface area (Å²) in [6, 6.07) is 0. The first-order chi connectivity index (χ1) is 10.6. The van der Waals surface area contributed by atoms with Crippen molar-refractivity contribution in [2.45, 2.75) is 19.0 Å². The molecule has 22 heavy (non-hydrogen) atoms. The summed E-state index contributed by atoms with van der Waals surface area (Å²) in [6.07, 6.45) is 0. The third-order valence-corrected chi connectivity index (χ3v) is 5.78. The molecule has 1 aliphatic rings. The quantitative estimate of drug-likeness (QED) is 0.648. The number of hydrogen-bond acceptors (Lipinski definition) is 6. The molecule has 6 nitrogen and oxygen atoms in total. The Morgan fingerprint density at radius 2 is 2.09 bits per heavy atom. The maximum absolute atomic E-state index is 12.2. The summed E-state index contributed by atoms with van der Waals surface area (Å²) in [7, 11) is 0. The molecule has 2 aromatic heterocycles. The summed E-state index contributed by atoms with van der Waals surface area (Å²) >= 11 is 2.82. The number of fused-ring (bicyclic) bond motifs is 1. The lowest BCUT2D eigenvalue weighted by Gasteiger charge is -2.27. The lowest BCUT2D eigenvalue weighted by Crippen LogP contribution is -2.47. The smallest absolute Gasteiger partial charge is 0.260 e. The molecule has 0 aliphatic carbocycles. The molecule has 1 aliphatic heterocycles. The minimum absolute atomic E-state index is 0.0905. The monoisotopic (exact) mass is 338 g/mol. The van der Waals surface area contributed by atoms with Crippen LogP contribution in [-0.2, 0) is 4.79 Å². The number of nitrogens with zero attached hydrogens (tertiary/aromatic N) is 2. The summed E-state index contributed by atoms with van der Waals surface area (Å²) < 4.78 is 0. The van der Waals surface area contributed by atoms with Crippen LogP contribution >= 0.6 is 23.1 Å². The zero-order valence-corrected chi connectivity index (χ0v) is 14.2. The van der Waals surface area contributed by atoms with Crippen molar-refractivity contribution in [2.24, 2.45) is 0 Å². The molecule has 1 amide bonds. The number of thiophene rings is 1. The molecule has 1 fully saturated rings. The third kappa shape index (κ3) is 3.04. The van der Waals surface area contributed by atoms with E-state index in [-0.39, 0.29) is 11.5 Å². The van der Waals surface area contributed by atoms with Crippen LogP contribution in [0, 0.1) is 13.8 Å². The van der Waals surface area contributed by atoms with Gasteiger partial charge in [-0.1, -0.05) is 11.8 Å². The van der Waals surface area contributed by atoms with Crippen LogP contribution in [0.25, 0.3) is 10.2 Å². The maximum atomic E-state index is 12.2. The van der Waals surface area contributed by atoms with Crippen molar-refractivity contribution in [1.29, 1.82) is 0 Å². The van der Waals surface area contributed by atoms with Crippen LogP contribution in [0.1, 0.15) is 10.4 Å². The number of aryl methyl sites for hydroxylation is 2. The Balaban J connectivity index is 1.74. The molecule has 2 aromatic rings. The van der Waals surface area contributed by atoms with Crippen molar-refractivity contribution in [3.63, 3.8) is 0 Å². The summed E-state index contributed by atoms with van der Waals surface area (Å²) in [5.41, 5.74) is 0.867. The first-order valence-electron chi connectivity index (χ1n) is 7.17. The SMILES string of the molecule is Cc1sc2nc(SCC(=O)N3CCNCC3)[nH]c(=O)c2c1C. The van der Waals surface area contributed by atoms with Gasteiger partial charge in [-0.25, -0.2) is 4.98 Å². The minimum atomic E-state index is -0.121. The Kier molecular flexibility index (Phi) is 4.51. The average Bonchev–Trinajstić information content (AvgIpc) is 2.81. The van der Waals surface area contributed by atoms with Gasteiger partial charge in [0, 0.05) is 31.1 Å². The first-order valence-corrected chi connectivity index (χ1v) is 8.98. The maximum Gasteiger partial charge on any atom is 0.260 e. The molecule has 0 unspecified atom stereocenters. The Morgan fingerprint density at radius 1 is 1.36 bits per heavy atom. The van der Waals surface area contributed by atoms with E-state index >= 15 is 0 Å². The lowest BCUT2D eigenvalue weighted by molar-refractivity contribution is -0.128. The van der Waals surface area contributed by atoms with E-state index in [0.717, 1.165) is 41.5 Å². The fraction of sp³-hybridized carbons (Fsp3) is 0.500. The van der Waals surface area contributed by atoms with E-state index in [4.69, 9.17) is 0 Å². The number of hydrogen-bond donors (Lipinski definition) is 2. The molecule has 0 atom stereocenters. The molecule has 118 valence electrons. The molecular formula is C14H18N4O2S2. The van der Waals surface area contributed by atoms with E-state index in [9.17, 15) is 9.59 Å². The highest BCUT2D eigenvalue weighted by molar-refractivity contribution is 7.99. The van der Waals surface area contributed by atoms with Crippen molar-refractivity contribution in [3.8, 4) is 0 Å². The predicted molar refractivity (Wildman–Crippen MR) is 89.9 cm³/mol. The molecule has 1 saturated heterocycles. The average molecular weight is 338 g/mol. The molecule has 3 rings (SSSR count). The number of aromatic nitrogens is 2. The first kappa shape index (κ1) is 15.5. The van der Waals surface area contributed by atoms with Crippen molar-refractivity contribution < 1.29 is 4.79 Å². The largest absolute Gasteiger partial charge is 0.339 e. The van der Waals surface area contributed by atoms with Gasteiger partial charge in [-0.3, -0.25) is 9.59 Å². The second-order valence-corrected chi connectivity index (χ2v) is 7.42. The van der Waals surface area contributed by atoms with E-state index in [0.29, 0.717) is 16.3 Å². The van der Waals surface area contributed by atoms with Gasteiger partial charge in [0.15, 0.2) is 5.16 Å². The number of rotatable bonds is 3. The van der Waals surface area contributed by atoms with Crippen LogP contribution in [0.2, 0.25) is 0 Å². The van der Waals surface area contributed by atoms with Crippen LogP contribution in [-0.4, -0.2) is 52.7 Å². The van der Waals surface area contributed by atoms with Crippen LogP contribution in [0.4, 0.5) is 0 Å². The van der Waals surface area contributed by atoms with E-state index in [1.54, 1.807) is 0 Å². The number of carbonyl (C=O) groups excluding carboxylic acids is 1. The molecular weight excluding hydrogens is 320 g/mol. The standard InChI is InChI=1S/C14H18N4O2S2/c1-8-9(2)22-13-11(8)12(20)16-14(17-13)21-7-10(19)18-5-3-15-4-6-18/h15H,3-7H2,1-2H3,(H,16,17,20). The molecule has 0 saturated carbocycles. The van der Waals surface area contributed by atoms with E-state index < -0.39 is 0 Å². The summed E-state index contributed by atoms with van der Waals surface area (Å²) in [5.74, 6) is 0.394. The van der Waals surface area contributed by atoms with Gasteiger partial charge in [0.1, 0.15) is 4.83 Å². The number of thioether (sulfide) groups is 1. The summed E-state index contributed by atoms with van der Waals surface area (Å²) in [5, 5.41) is 4.40. The van der Waals surface area contributed by atoms with Gasteiger partial charge in [-0.15, -0.1) is 11.3 Å². The number of aromatic amines is 1. The Labute approximate surface area is 136 Å². The molecule has 0 radical (unpaired) electrons. The second kappa shape index (κ2) is 6.39. The molecule has 8 heteroatoms. The number of piperazine rings is 1. The van der Waals surface area contributed by atoms with Crippen LogP contribution in [0.5, 0.6) is 0 Å². The van der Waals surface area contributed by atoms with Gasteiger partial charge < -0.3 is 15.2 Å². The minimum Gasteiger partial charge on any atom is -0.339 e. The van der Waals surface area contributed by atoms with Crippen molar-refractivity contribution in [1.82, 2.24) is 20.2 Å². The highest BCUT2D eigenvalue weighted by Gasteiger charge is 2.17. The van der Waals surface area contributed by atoms with E-state index in [1.165, 1.54) is 23.1 Å². The Morgan fingerprint density at radius 3 is 2.82 bits per heavy atom. The topological polar surface area (TPSA) is 78.1 Å². The van der Waals surface area contributed by atoms with Gasteiger partial charge >= 0.3 is 0 Å². The molecule has 2 N–H and O–H groups in total. The zero-order valence-electron chi connectivity index (χ0n) is 12.6. The Bertz CT molecular complexity index is 762. The number of H-pyrrole nitrogens is 1. The van der Waals surface area contributed by atoms with Crippen molar-refractivity contribution in [3.05, 3.63) is 20.8 Å². The second-order valence-electron chi connectivity index (χ2n) is 5.25. The number of amides is 1. The van der Waals surface area contributed by atoms with Crippen LogP contribution in [0.3, 0.4) is 0 Å². The van der Waals surface area contributed by atoms with Gasteiger partial charge in [-0.2, -0.15) is 0 Å². The Hall–Kier alpha value is -1.38. The molecule has 0 aromatic carbocycles. The van der Waals surface area contributed by atoms with Crippen molar-refractivity contribution >= 4 is 39.2 Å². The summed E-state index contributed by atoms with van der Waals surface area (Å²) in [6.45, 7) is 7.08. The predicted octanol–water partition coefficient (Wildman–Crippen LogP) is 1.13. The third-order valence-electron chi connectivity index (χ3n) is 3.82. The van der Waals surface area contributed by atoms with E-state index in [1.807, 2.05) is 18.7 Å². The normalized spacial score (nSPS) is 15.5. The highest BCUT2D eigenvalue weighted by atomic mass is 32.2. The lowest BCUT2D eigenvalue weighted by atomic mass is 10.2. The van der Waals surface area contributed by atoms with Gasteiger partial charge in [-0.05, 0) is 19.4 Å². The van der Waals surface area contributed by atoms with Gasteiger partial charge in [0.05, 0.1) is 11.1 Å². The summed E-state index contributed by atoms with van der Waals surface area (Å²) in [4.78, 5) is 35.3. The van der Waals surface area contributed by atoms with E-state index in [2.05, 4.69) is 15.3 Å². The number of carbonyl (C=O) groups is 1. The highest BCUT2D eigenvalue weighted by Crippen LogP contribution is 2.27. The fourth-order valence-corrected chi connectivity index (χ4v) is 4.29. The van der Waals surface area contributed by atoms with Crippen LogP contribution in [0.15, 0.2) is 9.95 Å².